The molecule has 11 heteroatoms. The minimum Gasteiger partial charge on any atom is -2.00 e. The molecule has 11 heavy (non-hydrogen) atoms. The van der Waals surface area contributed by atoms with Gasteiger partial charge in [-0.25, -0.2) is 0 Å². The van der Waals surface area contributed by atoms with Crippen molar-refractivity contribution in [3.63, 3.8) is 0 Å². The van der Waals surface area contributed by atoms with E-state index in [-0.39, 0.29) is 150 Å². The zero-order valence-corrected chi connectivity index (χ0v) is 16.8. The molecule has 0 aliphatic carbocycles. The molecule has 0 fully saturated rings. The molecule has 0 spiro atoms. The molecule has 0 aliphatic rings. The summed E-state index contributed by atoms with van der Waals surface area (Å²) in [6, 6.07) is 0. The summed E-state index contributed by atoms with van der Waals surface area (Å²) in [5.74, 6) is 0. The molecule has 0 aliphatic heterocycles. The van der Waals surface area contributed by atoms with Gasteiger partial charge in [0.1, 0.15) is 0 Å². The van der Waals surface area contributed by atoms with Crippen molar-refractivity contribution in [3.05, 3.63) is 0 Å². The Morgan fingerprint density at radius 1 is 0.364 bits per heavy atom. The van der Waals surface area contributed by atoms with Crippen LogP contribution in [0.3, 0.4) is 0 Å². The van der Waals surface area contributed by atoms with E-state index in [9.17, 15) is 0 Å². The molecule has 0 heterocycles. The third kappa shape index (κ3) is 125. The van der Waals surface area contributed by atoms with E-state index in [1.54, 1.807) is 0 Å². The third-order valence-corrected chi connectivity index (χ3v) is 0. The van der Waals surface area contributed by atoms with Crippen LogP contribution in [0.4, 0.5) is 0 Å². The van der Waals surface area contributed by atoms with Crippen LogP contribution in [0.25, 0.3) is 0 Å². The normalized spacial score (nSPS) is 0. The quantitative estimate of drug-likeness (QED) is 0.460. The average Bonchev–Trinajstić information content (AvgIpc) is 0. The van der Waals surface area contributed by atoms with E-state index in [1.807, 2.05) is 0 Å². The van der Waals surface area contributed by atoms with Gasteiger partial charge in [0.25, 0.3) is 0 Å². The SMILES string of the molecule is P.P.[O-2].[O-2].[O-2].[O-2].[O-2].[V].[V].[Y].[Y]. The van der Waals surface area contributed by atoms with E-state index in [4.69, 9.17) is 0 Å². The van der Waals surface area contributed by atoms with Gasteiger partial charge < -0.3 is 27.4 Å². The number of hydrogen-bond acceptors (Lipinski definition) is 0. The Morgan fingerprint density at radius 2 is 0.364 bits per heavy atom. The first-order valence-corrected chi connectivity index (χ1v) is 0. The van der Waals surface area contributed by atoms with Crippen molar-refractivity contribution in [2.75, 3.05) is 0 Å². The summed E-state index contributed by atoms with van der Waals surface area (Å²) < 4.78 is 0. The van der Waals surface area contributed by atoms with Crippen LogP contribution in [-0.2, 0) is 130 Å². The molecule has 72 valence electrons. The molecule has 4 radical (unpaired) electrons. The van der Waals surface area contributed by atoms with E-state index in [0.29, 0.717) is 0 Å². The van der Waals surface area contributed by atoms with Gasteiger partial charge in [0.05, 0.1) is 0 Å². The molecule has 0 rings (SSSR count). The van der Waals surface area contributed by atoms with Crippen molar-refractivity contribution in [3.8, 4) is 0 Å². The van der Waals surface area contributed by atoms with Gasteiger partial charge in [-0.1, -0.05) is 0 Å². The van der Waals surface area contributed by atoms with Crippen LogP contribution in [0, 0.1) is 0 Å². The summed E-state index contributed by atoms with van der Waals surface area (Å²) in [4.78, 5) is 0. The van der Waals surface area contributed by atoms with E-state index >= 15 is 0 Å². The van der Waals surface area contributed by atoms with Gasteiger partial charge in [-0.15, -0.1) is 0 Å². The van der Waals surface area contributed by atoms with Crippen molar-refractivity contribution >= 4 is 19.8 Å². The van der Waals surface area contributed by atoms with Crippen molar-refractivity contribution < 1.29 is 130 Å². The molecular formula is H6O5P2V2Y2-10. The van der Waals surface area contributed by atoms with Crippen LogP contribution in [-0.4, -0.2) is 0 Å². The second-order valence-electron chi connectivity index (χ2n) is 0. The molecule has 0 amide bonds. The molecule has 0 aromatic carbocycles. The van der Waals surface area contributed by atoms with Crippen LogP contribution >= 0.6 is 19.8 Å². The Hall–Kier alpha value is 4.04. The molecular weight excluding hydrogens is 422 g/mol. The average molecular weight is 428 g/mol. The molecule has 0 saturated carbocycles. The molecule has 5 nitrogen and oxygen atoms in total. The summed E-state index contributed by atoms with van der Waals surface area (Å²) in [7, 11) is 0. The first kappa shape index (κ1) is 182. The molecule has 2 unspecified atom stereocenters. The Bertz CT molecular complexity index is 20.4. The largest absolute Gasteiger partial charge is 2.00 e. The summed E-state index contributed by atoms with van der Waals surface area (Å²) in [5.41, 5.74) is 0. The van der Waals surface area contributed by atoms with Crippen LogP contribution in [0.2, 0.25) is 0 Å². The number of rotatable bonds is 0. The van der Waals surface area contributed by atoms with Gasteiger partial charge in [-0.2, -0.15) is 19.8 Å². The zero-order chi connectivity index (χ0) is 0. The predicted molar refractivity (Wildman–Crippen MR) is 25.6 cm³/mol. The summed E-state index contributed by atoms with van der Waals surface area (Å²) in [6.07, 6.45) is 0. The number of hydrogen-bond donors (Lipinski definition) is 0. The Labute approximate surface area is 147 Å². The predicted octanol–water partition coefficient (Wildman–Crippen LogP) is -0.488. The van der Waals surface area contributed by atoms with Crippen molar-refractivity contribution in [2.24, 2.45) is 0 Å². The Kier molecular flexibility index (Phi) is 2420. The molecule has 0 N–H and O–H groups in total. The minimum atomic E-state index is 0. The summed E-state index contributed by atoms with van der Waals surface area (Å²) in [5, 5.41) is 0. The van der Waals surface area contributed by atoms with Gasteiger partial charge in [0.2, 0.25) is 0 Å². The molecule has 0 aromatic rings. The van der Waals surface area contributed by atoms with E-state index in [0.717, 1.165) is 0 Å². The molecule has 2 atom stereocenters. The first-order valence-electron chi connectivity index (χ1n) is 0. The second-order valence-corrected chi connectivity index (χ2v) is 0. The second kappa shape index (κ2) is 146. The van der Waals surface area contributed by atoms with Gasteiger partial charge in [-0.05, 0) is 0 Å². The molecule has 0 saturated heterocycles. The van der Waals surface area contributed by atoms with Crippen LogP contribution in [0.15, 0.2) is 0 Å². The van der Waals surface area contributed by atoms with E-state index in [1.165, 1.54) is 0 Å². The van der Waals surface area contributed by atoms with Gasteiger partial charge in [0.15, 0.2) is 0 Å². The van der Waals surface area contributed by atoms with Crippen molar-refractivity contribution in [1.29, 1.82) is 0 Å². The van der Waals surface area contributed by atoms with E-state index in [2.05, 4.69) is 0 Å². The Balaban J connectivity index is 0. The smallest absolute Gasteiger partial charge is 0 e. The fourth-order valence-corrected chi connectivity index (χ4v) is 0. The van der Waals surface area contributed by atoms with E-state index < -0.39 is 0 Å². The monoisotopic (exact) mass is 428 g/mol. The third-order valence-electron chi connectivity index (χ3n) is 0. The van der Waals surface area contributed by atoms with Crippen LogP contribution < -0.4 is 0 Å². The van der Waals surface area contributed by atoms with Crippen molar-refractivity contribution in [2.45, 2.75) is 0 Å². The standard InChI is InChI=1S/5O.2H3P.2V.2Y/h;;;;;2*1H3;;;;/q5*-2;;;;;;. The van der Waals surface area contributed by atoms with Gasteiger partial charge in [-0.3, -0.25) is 0 Å². The van der Waals surface area contributed by atoms with Crippen LogP contribution in [0.5, 0.6) is 0 Å². The van der Waals surface area contributed by atoms with Crippen LogP contribution in [0.1, 0.15) is 0 Å². The molecule has 0 aromatic heterocycles. The van der Waals surface area contributed by atoms with Gasteiger partial charge >= 0.3 is 0 Å². The molecule has 0 bridgehead atoms. The maximum Gasteiger partial charge on any atom is 0 e. The first-order chi connectivity index (χ1) is 0. The zero-order valence-electron chi connectivity index (χ0n) is 5.50. The Morgan fingerprint density at radius 3 is 0.364 bits per heavy atom. The fourth-order valence-electron chi connectivity index (χ4n) is 0. The fraction of sp³-hybridized carbons (Fsp3) is 0. The summed E-state index contributed by atoms with van der Waals surface area (Å²) in [6.45, 7) is 0. The maximum absolute atomic E-state index is 0. The summed E-state index contributed by atoms with van der Waals surface area (Å²) >= 11 is 0. The van der Waals surface area contributed by atoms with Crippen molar-refractivity contribution in [1.82, 2.24) is 0 Å². The topological polar surface area (TPSA) is 142 Å². The van der Waals surface area contributed by atoms with Gasteiger partial charge in [0, 0.05) is 103 Å². The minimum absolute atomic E-state index is 0. The maximum atomic E-state index is 0.